The molecule has 7 nitrogen and oxygen atoms in total. The van der Waals surface area contributed by atoms with Crippen LogP contribution in [-0.4, -0.2) is 58.9 Å². The minimum Gasteiger partial charge on any atom is -0.497 e. The van der Waals surface area contributed by atoms with Crippen LogP contribution in [0.2, 0.25) is 0 Å². The number of carbonyl (C=O) groups excluding carboxylic acids is 1. The van der Waals surface area contributed by atoms with Crippen LogP contribution >= 0.6 is 11.3 Å². The Bertz CT molecular complexity index is 1220. The lowest BCUT2D eigenvalue weighted by molar-refractivity contribution is 0.0767. The van der Waals surface area contributed by atoms with Gasteiger partial charge < -0.3 is 14.5 Å². The number of thiazole rings is 1. The number of aromatic nitrogens is 3. The number of ether oxygens (including phenoxy) is 1. The van der Waals surface area contributed by atoms with Crippen LogP contribution in [-0.2, 0) is 6.54 Å². The summed E-state index contributed by atoms with van der Waals surface area (Å²) in [6, 6.07) is 17.9. The van der Waals surface area contributed by atoms with Crippen LogP contribution in [0.15, 0.2) is 72.4 Å². The van der Waals surface area contributed by atoms with E-state index >= 15 is 0 Å². The van der Waals surface area contributed by atoms with E-state index in [9.17, 15) is 4.79 Å². The maximum atomic E-state index is 13.7. The van der Waals surface area contributed by atoms with Gasteiger partial charge in [0, 0.05) is 49.5 Å². The van der Waals surface area contributed by atoms with Gasteiger partial charge in [-0.15, -0.1) is 11.3 Å². The first kappa shape index (κ1) is 22.2. The van der Waals surface area contributed by atoms with E-state index in [4.69, 9.17) is 9.84 Å². The van der Waals surface area contributed by atoms with Gasteiger partial charge in [-0.2, -0.15) is 5.10 Å². The zero-order chi connectivity index (χ0) is 23.3. The predicted octanol–water partition coefficient (Wildman–Crippen LogP) is 4.42. The number of rotatable bonds is 6. The van der Waals surface area contributed by atoms with Gasteiger partial charge >= 0.3 is 0 Å². The van der Waals surface area contributed by atoms with E-state index in [1.54, 1.807) is 18.4 Å². The Kier molecular flexibility index (Phi) is 6.58. The van der Waals surface area contributed by atoms with Crippen LogP contribution in [0, 0.1) is 0 Å². The van der Waals surface area contributed by atoms with Gasteiger partial charge in [0.05, 0.1) is 19.2 Å². The van der Waals surface area contributed by atoms with Gasteiger partial charge in [0.25, 0.3) is 5.91 Å². The second-order valence-corrected chi connectivity index (χ2v) is 9.12. The molecule has 5 rings (SSSR count). The summed E-state index contributed by atoms with van der Waals surface area (Å²) in [6.45, 7) is 3.65. The fourth-order valence-corrected chi connectivity index (χ4v) is 4.94. The molecule has 0 saturated carbocycles. The molecule has 174 valence electrons. The number of anilines is 1. The number of hydrogen-bond donors (Lipinski definition) is 0. The molecule has 4 aromatic rings. The minimum absolute atomic E-state index is 0.0196. The van der Waals surface area contributed by atoms with Crippen LogP contribution in [0.5, 0.6) is 5.75 Å². The van der Waals surface area contributed by atoms with Crippen molar-refractivity contribution in [1.82, 2.24) is 19.7 Å². The summed E-state index contributed by atoms with van der Waals surface area (Å²) in [5.41, 5.74) is 3.36. The number of nitrogens with zero attached hydrogens (tertiary/aromatic N) is 5. The van der Waals surface area contributed by atoms with Crippen LogP contribution in [0.3, 0.4) is 0 Å². The van der Waals surface area contributed by atoms with Gasteiger partial charge in [0.1, 0.15) is 11.4 Å². The number of benzene rings is 2. The molecule has 0 radical (unpaired) electrons. The van der Waals surface area contributed by atoms with Crippen molar-refractivity contribution in [3.05, 3.63) is 83.5 Å². The lowest BCUT2D eigenvalue weighted by atomic mass is 10.1. The number of amides is 1. The maximum absolute atomic E-state index is 13.7. The molecule has 0 aliphatic carbocycles. The number of carbonyl (C=O) groups is 1. The zero-order valence-electron chi connectivity index (χ0n) is 19.1. The van der Waals surface area contributed by atoms with Gasteiger partial charge in [-0.1, -0.05) is 30.3 Å². The minimum atomic E-state index is 0.0196. The van der Waals surface area contributed by atoms with E-state index in [0.29, 0.717) is 30.9 Å². The molecule has 2 aromatic heterocycles. The Labute approximate surface area is 203 Å². The average Bonchev–Trinajstić information content (AvgIpc) is 3.50. The lowest BCUT2D eigenvalue weighted by Crippen LogP contribution is -2.35. The van der Waals surface area contributed by atoms with E-state index in [2.05, 4.69) is 22.0 Å². The molecule has 0 unspecified atom stereocenters. The van der Waals surface area contributed by atoms with Crippen LogP contribution in [0.25, 0.3) is 11.3 Å². The summed E-state index contributed by atoms with van der Waals surface area (Å²) >= 11 is 1.64. The standard InChI is InChI=1S/C26H27N5O2S/c1-33-22-10-8-21(9-11-22)24-23(19-31(28-24)18-20-6-3-2-4-7-20)25(32)29-13-5-14-30(16-15-29)26-27-12-17-34-26/h2-4,6-12,17,19H,5,13-16,18H2,1H3. The quantitative estimate of drug-likeness (QED) is 0.415. The van der Waals surface area contributed by atoms with Crippen molar-refractivity contribution >= 4 is 22.4 Å². The molecule has 0 bridgehead atoms. The third kappa shape index (κ3) is 4.82. The van der Waals surface area contributed by atoms with Crippen LogP contribution in [0.1, 0.15) is 22.3 Å². The third-order valence-electron chi connectivity index (χ3n) is 6.02. The van der Waals surface area contributed by atoms with Crippen molar-refractivity contribution in [2.75, 3.05) is 38.2 Å². The van der Waals surface area contributed by atoms with Gasteiger partial charge in [0.15, 0.2) is 5.13 Å². The summed E-state index contributed by atoms with van der Waals surface area (Å²) in [5.74, 6) is 0.793. The SMILES string of the molecule is COc1ccc(-c2nn(Cc3ccccc3)cc2C(=O)N2CCCN(c3nccs3)CC2)cc1. The van der Waals surface area contributed by atoms with Crippen molar-refractivity contribution in [3.63, 3.8) is 0 Å². The predicted molar refractivity (Wildman–Crippen MR) is 135 cm³/mol. The Morgan fingerprint density at radius 2 is 1.85 bits per heavy atom. The van der Waals surface area contributed by atoms with E-state index in [-0.39, 0.29) is 5.91 Å². The molecule has 8 heteroatoms. The average molecular weight is 474 g/mol. The van der Waals surface area contributed by atoms with Gasteiger partial charge in [-0.05, 0) is 36.2 Å². The lowest BCUT2D eigenvalue weighted by Gasteiger charge is -2.21. The smallest absolute Gasteiger partial charge is 0.257 e. The first-order chi connectivity index (χ1) is 16.7. The van der Waals surface area contributed by atoms with Crippen molar-refractivity contribution in [3.8, 4) is 17.0 Å². The topological polar surface area (TPSA) is 63.5 Å². The molecular weight excluding hydrogens is 446 g/mol. The molecule has 1 amide bonds. The van der Waals surface area contributed by atoms with Gasteiger partial charge in [-0.3, -0.25) is 9.48 Å². The molecule has 2 aromatic carbocycles. The van der Waals surface area contributed by atoms with Crippen molar-refractivity contribution < 1.29 is 9.53 Å². The molecule has 34 heavy (non-hydrogen) atoms. The molecule has 3 heterocycles. The third-order valence-corrected chi connectivity index (χ3v) is 6.85. The zero-order valence-corrected chi connectivity index (χ0v) is 19.9. The molecule has 1 saturated heterocycles. The molecule has 0 spiro atoms. The molecule has 1 fully saturated rings. The second kappa shape index (κ2) is 10.1. The molecule has 1 aliphatic heterocycles. The van der Waals surface area contributed by atoms with Crippen LogP contribution < -0.4 is 9.64 Å². The summed E-state index contributed by atoms with van der Waals surface area (Å²) in [7, 11) is 1.65. The highest BCUT2D eigenvalue weighted by atomic mass is 32.1. The Hall–Kier alpha value is -3.65. The van der Waals surface area contributed by atoms with Crippen molar-refractivity contribution in [2.24, 2.45) is 0 Å². The Morgan fingerprint density at radius 3 is 2.59 bits per heavy atom. The number of hydrogen-bond acceptors (Lipinski definition) is 6. The van der Waals surface area contributed by atoms with Gasteiger partial charge in [0.2, 0.25) is 0 Å². The highest BCUT2D eigenvalue weighted by Gasteiger charge is 2.26. The Morgan fingerprint density at radius 1 is 1.03 bits per heavy atom. The second-order valence-electron chi connectivity index (χ2n) is 8.25. The fourth-order valence-electron chi connectivity index (χ4n) is 4.25. The van der Waals surface area contributed by atoms with E-state index in [1.807, 2.05) is 69.8 Å². The van der Waals surface area contributed by atoms with Crippen LogP contribution in [0.4, 0.5) is 5.13 Å². The summed E-state index contributed by atoms with van der Waals surface area (Å²) in [4.78, 5) is 22.4. The largest absolute Gasteiger partial charge is 0.497 e. The highest BCUT2D eigenvalue weighted by molar-refractivity contribution is 7.13. The normalized spacial score (nSPS) is 14.1. The molecule has 1 aliphatic rings. The maximum Gasteiger partial charge on any atom is 0.257 e. The first-order valence-electron chi connectivity index (χ1n) is 11.4. The number of methoxy groups -OCH3 is 1. The summed E-state index contributed by atoms with van der Waals surface area (Å²) in [5, 5.41) is 7.84. The monoisotopic (exact) mass is 473 g/mol. The molecular formula is C26H27N5O2S. The van der Waals surface area contributed by atoms with Crippen molar-refractivity contribution in [1.29, 1.82) is 0 Å². The van der Waals surface area contributed by atoms with Crippen molar-refractivity contribution in [2.45, 2.75) is 13.0 Å². The summed E-state index contributed by atoms with van der Waals surface area (Å²) in [6.07, 6.45) is 4.62. The van der Waals surface area contributed by atoms with E-state index in [1.165, 1.54) is 0 Å². The fraction of sp³-hybridized carbons (Fsp3) is 0.269. The summed E-state index contributed by atoms with van der Waals surface area (Å²) < 4.78 is 7.17. The highest BCUT2D eigenvalue weighted by Crippen LogP contribution is 2.27. The molecule has 0 atom stereocenters. The van der Waals surface area contributed by atoms with E-state index < -0.39 is 0 Å². The molecule has 0 N–H and O–H groups in total. The van der Waals surface area contributed by atoms with E-state index in [0.717, 1.165) is 41.5 Å². The first-order valence-corrected chi connectivity index (χ1v) is 12.3. The van der Waals surface area contributed by atoms with Gasteiger partial charge in [-0.25, -0.2) is 4.98 Å². The Balaban J connectivity index is 1.42.